The number of anilines is 1. The van der Waals surface area contributed by atoms with Crippen LogP contribution in [0.5, 0.6) is 0 Å². The van der Waals surface area contributed by atoms with Crippen molar-refractivity contribution in [1.29, 1.82) is 0 Å². The van der Waals surface area contributed by atoms with Gasteiger partial charge in [0.1, 0.15) is 12.6 Å². The van der Waals surface area contributed by atoms with E-state index in [0.29, 0.717) is 5.02 Å². The third-order valence-electron chi connectivity index (χ3n) is 6.12. The van der Waals surface area contributed by atoms with E-state index in [1.165, 1.54) is 23.1 Å². The summed E-state index contributed by atoms with van der Waals surface area (Å²) in [6, 6.07) is 20.7. The van der Waals surface area contributed by atoms with E-state index in [-0.39, 0.29) is 29.1 Å². The molecule has 0 aliphatic rings. The molecule has 3 rings (SSSR count). The molecule has 0 aliphatic carbocycles. The summed E-state index contributed by atoms with van der Waals surface area (Å²) in [6.45, 7) is 5.08. The predicted molar refractivity (Wildman–Crippen MR) is 154 cm³/mol. The zero-order valence-corrected chi connectivity index (χ0v) is 24.6. The zero-order valence-electron chi connectivity index (χ0n) is 21.5. The Kier molecular flexibility index (Phi) is 10.4. The minimum atomic E-state index is -4.13. The SMILES string of the molecule is CC[C@@H](C)NC(=O)[C@H](C)N(Cc1cccc(Br)c1)C(=O)CN(c1cccc(Cl)c1)S(=O)(=O)c1ccccc1. The minimum Gasteiger partial charge on any atom is -0.352 e. The molecule has 38 heavy (non-hydrogen) atoms. The predicted octanol–water partition coefficient (Wildman–Crippen LogP) is 5.63. The van der Waals surface area contributed by atoms with E-state index in [1.54, 1.807) is 43.3 Å². The molecule has 3 aromatic rings. The second kappa shape index (κ2) is 13.3. The molecule has 0 heterocycles. The summed E-state index contributed by atoms with van der Waals surface area (Å²) in [5, 5.41) is 3.25. The van der Waals surface area contributed by atoms with Crippen LogP contribution in [0.2, 0.25) is 5.02 Å². The van der Waals surface area contributed by atoms with Crippen LogP contribution in [0.1, 0.15) is 32.8 Å². The van der Waals surface area contributed by atoms with Crippen LogP contribution >= 0.6 is 27.5 Å². The summed E-state index contributed by atoms with van der Waals surface area (Å²) >= 11 is 9.63. The van der Waals surface area contributed by atoms with Gasteiger partial charge >= 0.3 is 0 Å². The average Bonchev–Trinajstić information content (AvgIpc) is 2.90. The monoisotopic (exact) mass is 619 g/mol. The molecule has 0 fully saturated rings. The van der Waals surface area contributed by atoms with Crippen LogP contribution in [0.3, 0.4) is 0 Å². The molecule has 10 heteroatoms. The van der Waals surface area contributed by atoms with Crippen molar-refractivity contribution >= 4 is 55.1 Å². The highest BCUT2D eigenvalue weighted by Gasteiger charge is 2.32. The van der Waals surface area contributed by atoms with Crippen molar-refractivity contribution in [2.75, 3.05) is 10.8 Å². The maximum absolute atomic E-state index is 13.9. The topological polar surface area (TPSA) is 86.8 Å². The molecule has 2 atom stereocenters. The molecule has 0 radical (unpaired) electrons. The highest BCUT2D eigenvalue weighted by Crippen LogP contribution is 2.27. The second-order valence-corrected chi connectivity index (χ2v) is 12.2. The fraction of sp³-hybridized carbons (Fsp3) is 0.286. The van der Waals surface area contributed by atoms with Crippen LogP contribution in [-0.4, -0.2) is 43.8 Å². The summed E-state index contributed by atoms with van der Waals surface area (Å²) < 4.78 is 29.3. The smallest absolute Gasteiger partial charge is 0.264 e. The second-order valence-electron chi connectivity index (χ2n) is 8.95. The highest BCUT2D eigenvalue weighted by molar-refractivity contribution is 9.10. The van der Waals surface area contributed by atoms with Gasteiger partial charge in [-0.15, -0.1) is 0 Å². The Hall–Kier alpha value is -2.88. The van der Waals surface area contributed by atoms with Crippen molar-refractivity contribution in [3.8, 4) is 0 Å². The molecule has 202 valence electrons. The van der Waals surface area contributed by atoms with Crippen molar-refractivity contribution in [3.05, 3.63) is 93.9 Å². The van der Waals surface area contributed by atoms with Gasteiger partial charge < -0.3 is 10.2 Å². The van der Waals surface area contributed by atoms with Crippen LogP contribution in [0, 0.1) is 0 Å². The fourth-order valence-electron chi connectivity index (χ4n) is 3.76. The lowest BCUT2D eigenvalue weighted by molar-refractivity contribution is -0.139. The summed E-state index contributed by atoms with van der Waals surface area (Å²) in [7, 11) is -4.13. The van der Waals surface area contributed by atoms with Crippen molar-refractivity contribution in [2.45, 2.75) is 50.7 Å². The van der Waals surface area contributed by atoms with E-state index in [9.17, 15) is 18.0 Å². The number of nitrogens with zero attached hydrogens (tertiary/aromatic N) is 2. The van der Waals surface area contributed by atoms with Crippen LogP contribution in [-0.2, 0) is 26.2 Å². The summed E-state index contributed by atoms with van der Waals surface area (Å²) in [6.07, 6.45) is 0.732. The van der Waals surface area contributed by atoms with Gasteiger partial charge in [0.2, 0.25) is 11.8 Å². The average molecular weight is 621 g/mol. The van der Waals surface area contributed by atoms with E-state index in [4.69, 9.17) is 11.6 Å². The van der Waals surface area contributed by atoms with Gasteiger partial charge in [-0.2, -0.15) is 0 Å². The molecule has 0 bridgehead atoms. The number of benzene rings is 3. The first-order valence-electron chi connectivity index (χ1n) is 12.2. The molecule has 0 saturated carbocycles. The largest absolute Gasteiger partial charge is 0.352 e. The Morgan fingerprint density at radius 2 is 1.66 bits per heavy atom. The van der Waals surface area contributed by atoms with Gasteiger partial charge in [0.05, 0.1) is 10.6 Å². The fourth-order valence-corrected chi connectivity index (χ4v) is 5.82. The molecule has 0 spiro atoms. The van der Waals surface area contributed by atoms with Crippen LogP contribution in [0.15, 0.2) is 88.2 Å². The van der Waals surface area contributed by atoms with E-state index in [0.717, 1.165) is 20.8 Å². The van der Waals surface area contributed by atoms with Gasteiger partial charge in [-0.1, -0.05) is 70.9 Å². The molecule has 3 aromatic carbocycles. The lowest BCUT2D eigenvalue weighted by Crippen LogP contribution is -2.52. The first-order valence-corrected chi connectivity index (χ1v) is 14.8. The van der Waals surface area contributed by atoms with E-state index in [1.807, 2.05) is 38.1 Å². The van der Waals surface area contributed by atoms with Gasteiger partial charge in [-0.25, -0.2) is 8.42 Å². The number of hydrogen-bond acceptors (Lipinski definition) is 4. The van der Waals surface area contributed by atoms with Gasteiger partial charge in [-0.05, 0) is 68.3 Å². The first kappa shape index (κ1) is 29.7. The Labute approximate surface area is 238 Å². The minimum absolute atomic E-state index is 0.0360. The lowest BCUT2D eigenvalue weighted by Gasteiger charge is -2.32. The zero-order chi connectivity index (χ0) is 27.9. The molecule has 0 aliphatic heterocycles. The number of rotatable bonds is 11. The van der Waals surface area contributed by atoms with Crippen molar-refractivity contribution in [2.24, 2.45) is 0 Å². The number of halogens is 2. The van der Waals surface area contributed by atoms with Crippen LogP contribution < -0.4 is 9.62 Å². The molecule has 2 amide bonds. The standard InChI is InChI=1S/C28H31BrClN3O4S/c1-4-20(2)31-28(35)21(3)32(18-22-10-8-11-23(29)16-22)27(34)19-33(25-13-9-12-24(30)17-25)38(36,37)26-14-6-5-7-15-26/h5-17,20-21H,4,18-19H2,1-3H3,(H,31,35)/t20-,21+/m1/s1. The van der Waals surface area contributed by atoms with E-state index >= 15 is 0 Å². The van der Waals surface area contributed by atoms with Crippen molar-refractivity contribution < 1.29 is 18.0 Å². The summed E-state index contributed by atoms with van der Waals surface area (Å²) in [5.74, 6) is -0.848. The van der Waals surface area contributed by atoms with Gasteiger partial charge in [-0.3, -0.25) is 13.9 Å². The highest BCUT2D eigenvalue weighted by atomic mass is 79.9. The number of carbonyl (C=O) groups excluding carboxylic acids is 2. The number of amides is 2. The summed E-state index contributed by atoms with van der Waals surface area (Å²) in [4.78, 5) is 28.4. The van der Waals surface area contributed by atoms with E-state index in [2.05, 4.69) is 21.2 Å². The number of sulfonamides is 1. The third kappa shape index (κ3) is 7.58. The number of carbonyl (C=O) groups is 2. The number of hydrogen-bond donors (Lipinski definition) is 1. The molecule has 1 N–H and O–H groups in total. The molecule has 0 aromatic heterocycles. The quantitative estimate of drug-likeness (QED) is 0.301. The van der Waals surface area contributed by atoms with Crippen molar-refractivity contribution in [1.82, 2.24) is 10.2 Å². The Morgan fingerprint density at radius 1 is 0.974 bits per heavy atom. The first-order chi connectivity index (χ1) is 18.0. The molecule has 0 unspecified atom stereocenters. The third-order valence-corrected chi connectivity index (χ3v) is 8.63. The Morgan fingerprint density at radius 3 is 2.29 bits per heavy atom. The van der Waals surface area contributed by atoms with Crippen molar-refractivity contribution in [3.63, 3.8) is 0 Å². The van der Waals surface area contributed by atoms with E-state index < -0.39 is 28.5 Å². The molecular weight excluding hydrogens is 590 g/mol. The molecule has 0 saturated heterocycles. The lowest BCUT2D eigenvalue weighted by atomic mass is 10.1. The molecule has 7 nitrogen and oxygen atoms in total. The van der Waals surface area contributed by atoms with Crippen LogP contribution in [0.25, 0.3) is 0 Å². The molecular formula is C28H31BrClN3O4S. The summed E-state index contributed by atoms with van der Waals surface area (Å²) in [5.41, 5.74) is 1.03. The van der Waals surface area contributed by atoms with Gasteiger partial charge in [0.15, 0.2) is 0 Å². The van der Waals surface area contributed by atoms with Crippen LogP contribution in [0.4, 0.5) is 5.69 Å². The normalized spacial score (nSPS) is 12.9. The maximum atomic E-state index is 13.9. The van der Waals surface area contributed by atoms with Gasteiger partial charge in [0, 0.05) is 22.1 Å². The van der Waals surface area contributed by atoms with Gasteiger partial charge in [0.25, 0.3) is 10.0 Å². The maximum Gasteiger partial charge on any atom is 0.264 e. The number of nitrogens with one attached hydrogen (secondary N) is 1. The Balaban J connectivity index is 2.02. The Bertz CT molecular complexity index is 1370.